The first-order chi connectivity index (χ1) is 10.4. The van der Waals surface area contributed by atoms with E-state index in [2.05, 4.69) is 24.1 Å². The van der Waals surface area contributed by atoms with Crippen molar-refractivity contribution in [2.45, 2.75) is 33.7 Å². The van der Waals surface area contributed by atoms with Crippen LogP contribution < -0.4 is 5.32 Å². The molecular weight excluding hydrogens is 278 g/mol. The van der Waals surface area contributed by atoms with Crippen molar-refractivity contribution in [2.75, 3.05) is 5.32 Å². The Morgan fingerprint density at radius 3 is 2.55 bits per heavy atom. The SMILES string of the molecule is Cc1ccc([N+](=O)[O-])c(NC(c2ncccc2C)C(C)C)c1. The van der Waals surface area contributed by atoms with E-state index in [1.54, 1.807) is 18.3 Å². The number of nitrogens with one attached hydrogen (secondary N) is 1. The third-order valence-electron chi connectivity index (χ3n) is 3.67. The number of aryl methyl sites for hydroxylation is 2. The standard InChI is InChI=1S/C17H21N3O2/c1-11(2)16(17-13(4)6-5-9-18-17)19-14-10-12(3)7-8-15(14)20(21)22/h5-11,16,19H,1-4H3. The number of nitro groups is 1. The molecule has 2 aromatic rings. The molecule has 0 fully saturated rings. The van der Waals surface area contributed by atoms with Crippen LogP contribution in [0.2, 0.25) is 0 Å². The Balaban J connectivity index is 2.44. The van der Waals surface area contributed by atoms with E-state index in [0.29, 0.717) is 5.69 Å². The summed E-state index contributed by atoms with van der Waals surface area (Å²) in [5.41, 5.74) is 3.60. The molecule has 22 heavy (non-hydrogen) atoms. The Labute approximate surface area is 130 Å². The van der Waals surface area contributed by atoms with E-state index < -0.39 is 0 Å². The maximum absolute atomic E-state index is 11.2. The molecule has 1 aromatic carbocycles. The zero-order chi connectivity index (χ0) is 16.3. The van der Waals surface area contributed by atoms with Gasteiger partial charge in [-0.05, 0) is 43.0 Å². The number of hydrogen-bond donors (Lipinski definition) is 1. The zero-order valence-corrected chi connectivity index (χ0v) is 13.3. The Morgan fingerprint density at radius 2 is 1.95 bits per heavy atom. The summed E-state index contributed by atoms with van der Waals surface area (Å²) in [5, 5.41) is 14.6. The van der Waals surface area contributed by atoms with Gasteiger partial charge in [-0.3, -0.25) is 15.1 Å². The molecule has 0 saturated heterocycles. The van der Waals surface area contributed by atoms with Crippen LogP contribution in [0.4, 0.5) is 11.4 Å². The van der Waals surface area contributed by atoms with Gasteiger partial charge in [0, 0.05) is 12.3 Å². The Hall–Kier alpha value is -2.43. The van der Waals surface area contributed by atoms with E-state index in [4.69, 9.17) is 0 Å². The first-order valence-corrected chi connectivity index (χ1v) is 7.33. The van der Waals surface area contributed by atoms with Crippen LogP contribution >= 0.6 is 0 Å². The van der Waals surface area contributed by atoms with Crippen LogP contribution in [0, 0.1) is 29.9 Å². The molecule has 0 spiro atoms. The predicted molar refractivity (Wildman–Crippen MR) is 88.0 cm³/mol. The summed E-state index contributed by atoms with van der Waals surface area (Å²) in [4.78, 5) is 15.3. The highest BCUT2D eigenvalue weighted by atomic mass is 16.6. The van der Waals surface area contributed by atoms with Crippen LogP contribution in [0.25, 0.3) is 0 Å². The number of anilines is 1. The van der Waals surface area contributed by atoms with Gasteiger partial charge in [0.05, 0.1) is 16.7 Å². The highest BCUT2D eigenvalue weighted by Gasteiger charge is 2.23. The number of nitro benzene ring substituents is 1. The molecule has 1 atom stereocenters. The van der Waals surface area contributed by atoms with Crippen molar-refractivity contribution in [1.29, 1.82) is 0 Å². The van der Waals surface area contributed by atoms with E-state index >= 15 is 0 Å². The van der Waals surface area contributed by atoms with Crippen molar-refractivity contribution in [3.05, 3.63) is 63.5 Å². The van der Waals surface area contributed by atoms with Crippen LogP contribution in [0.5, 0.6) is 0 Å². The van der Waals surface area contributed by atoms with Crippen molar-refractivity contribution < 1.29 is 4.92 Å². The van der Waals surface area contributed by atoms with Gasteiger partial charge in [0.15, 0.2) is 0 Å². The molecule has 0 aliphatic rings. The minimum absolute atomic E-state index is 0.0818. The predicted octanol–water partition coefficient (Wildman–Crippen LogP) is 4.42. The van der Waals surface area contributed by atoms with Gasteiger partial charge < -0.3 is 5.32 Å². The van der Waals surface area contributed by atoms with Crippen molar-refractivity contribution in [1.82, 2.24) is 4.98 Å². The molecule has 5 nitrogen and oxygen atoms in total. The first kappa shape index (κ1) is 15.9. The van der Waals surface area contributed by atoms with Crippen LogP contribution in [0.15, 0.2) is 36.5 Å². The molecule has 0 bridgehead atoms. The van der Waals surface area contributed by atoms with Gasteiger partial charge in [-0.15, -0.1) is 0 Å². The fourth-order valence-corrected chi connectivity index (χ4v) is 2.47. The van der Waals surface area contributed by atoms with Crippen molar-refractivity contribution in [2.24, 2.45) is 5.92 Å². The average Bonchev–Trinajstić information content (AvgIpc) is 2.45. The van der Waals surface area contributed by atoms with Gasteiger partial charge in [0.2, 0.25) is 0 Å². The average molecular weight is 299 g/mol. The topological polar surface area (TPSA) is 68.1 Å². The van der Waals surface area contributed by atoms with Crippen molar-refractivity contribution >= 4 is 11.4 Å². The third kappa shape index (κ3) is 3.42. The van der Waals surface area contributed by atoms with Gasteiger partial charge in [-0.2, -0.15) is 0 Å². The van der Waals surface area contributed by atoms with Gasteiger partial charge in [-0.25, -0.2) is 0 Å². The fourth-order valence-electron chi connectivity index (χ4n) is 2.47. The lowest BCUT2D eigenvalue weighted by Gasteiger charge is -2.24. The number of benzene rings is 1. The lowest BCUT2D eigenvalue weighted by molar-refractivity contribution is -0.384. The van der Waals surface area contributed by atoms with Crippen molar-refractivity contribution in [3.63, 3.8) is 0 Å². The maximum Gasteiger partial charge on any atom is 0.292 e. The lowest BCUT2D eigenvalue weighted by Crippen LogP contribution is -2.20. The monoisotopic (exact) mass is 299 g/mol. The second kappa shape index (κ2) is 6.56. The minimum atomic E-state index is -0.357. The van der Waals surface area contributed by atoms with E-state index in [1.165, 1.54) is 0 Å². The first-order valence-electron chi connectivity index (χ1n) is 7.33. The molecule has 0 aliphatic heterocycles. The summed E-state index contributed by atoms with van der Waals surface area (Å²) in [6.07, 6.45) is 1.75. The normalized spacial score (nSPS) is 12.2. The molecule has 0 saturated carbocycles. The number of pyridine rings is 1. The summed E-state index contributed by atoms with van der Waals surface area (Å²) in [7, 11) is 0. The smallest absolute Gasteiger partial charge is 0.292 e. The Morgan fingerprint density at radius 1 is 1.23 bits per heavy atom. The largest absolute Gasteiger partial charge is 0.371 e. The molecule has 1 N–H and O–H groups in total. The molecule has 0 aliphatic carbocycles. The molecule has 0 radical (unpaired) electrons. The van der Waals surface area contributed by atoms with Gasteiger partial charge in [0.1, 0.15) is 5.69 Å². The van der Waals surface area contributed by atoms with E-state index in [1.807, 2.05) is 32.0 Å². The van der Waals surface area contributed by atoms with E-state index in [9.17, 15) is 10.1 Å². The molecule has 5 heteroatoms. The van der Waals surface area contributed by atoms with Gasteiger partial charge in [-0.1, -0.05) is 26.0 Å². The molecule has 2 rings (SSSR count). The number of aromatic nitrogens is 1. The summed E-state index contributed by atoms with van der Waals surface area (Å²) in [6.45, 7) is 8.08. The minimum Gasteiger partial charge on any atom is -0.371 e. The molecular formula is C17H21N3O2. The van der Waals surface area contributed by atoms with Crippen LogP contribution in [-0.2, 0) is 0 Å². The second-order valence-corrected chi connectivity index (χ2v) is 5.85. The summed E-state index contributed by atoms with van der Waals surface area (Å²) < 4.78 is 0. The van der Waals surface area contributed by atoms with Crippen LogP contribution in [0.1, 0.15) is 36.7 Å². The summed E-state index contributed by atoms with van der Waals surface area (Å²) in [5.74, 6) is 0.244. The van der Waals surface area contributed by atoms with Gasteiger partial charge in [0.25, 0.3) is 5.69 Å². The lowest BCUT2D eigenvalue weighted by atomic mass is 9.96. The summed E-state index contributed by atoms with van der Waals surface area (Å²) >= 11 is 0. The van der Waals surface area contributed by atoms with E-state index in [0.717, 1.165) is 16.8 Å². The van der Waals surface area contributed by atoms with Crippen molar-refractivity contribution in [3.8, 4) is 0 Å². The Kier molecular flexibility index (Phi) is 4.75. The maximum atomic E-state index is 11.2. The molecule has 0 amide bonds. The third-order valence-corrected chi connectivity index (χ3v) is 3.67. The number of nitrogens with zero attached hydrogens (tertiary/aromatic N) is 2. The van der Waals surface area contributed by atoms with Crippen LogP contribution in [0.3, 0.4) is 0 Å². The second-order valence-electron chi connectivity index (χ2n) is 5.85. The van der Waals surface area contributed by atoms with E-state index in [-0.39, 0.29) is 22.6 Å². The number of rotatable bonds is 5. The fraction of sp³-hybridized carbons (Fsp3) is 0.353. The number of hydrogen-bond acceptors (Lipinski definition) is 4. The highest BCUT2D eigenvalue weighted by Crippen LogP contribution is 2.32. The quantitative estimate of drug-likeness (QED) is 0.655. The Bertz CT molecular complexity index is 683. The molecule has 1 unspecified atom stereocenters. The molecule has 1 aromatic heterocycles. The zero-order valence-electron chi connectivity index (χ0n) is 13.3. The summed E-state index contributed by atoms with van der Waals surface area (Å²) in [6, 6.07) is 8.92. The highest BCUT2D eigenvalue weighted by molar-refractivity contribution is 5.63. The van der Waals surface area contributed by atoms with Gasteiger partial charge >= 0.3 is 0 Å². The molecule has 116 valence electrons. The molecule has 1 heterocycles. The van der Waals surface area contributed by atoms with Crippen LogP contribution in [-0.4, -0.2) is 9.91 Å².